The maximum absolute atomic E-state index is 12.6. The van der Waals surface area contributed by atoms with Crippen LogP contribution in [0, 0.1) is 6.92 Å². The highest BCUT2D eigenvalue weighted by atomic mass is 16.2. The van der Waals surface area contributed by atoms with Crippen LogP contribution in [0.3, 0.4) is 0 Å². The molecule has 3 heterocycles. The van der Waals surface area contributed by atoms with E-state index < -0.39 is 0 Å². The van der Waals surface area contributed by atoms with Crippen molar-refractivity contribution < 1.29 is 4.79 Å². The Morgan fingerprint density at radius 1 is 1.29 bits per heavy atom. The van der Waals surface area contributed by atoms with E-state index in [1.54, 1.807) is 36.6 Å². The molecule has 1 N–H and O–H groups in total. The highest BCUT2D eigenvalue weighted by Gasteiger charge is 2.25. The molecule has 0 aromatic carbocycles. The molecule has 2 aromatic heterocycles. The standard InChI is InChI=1S/C17H21N5O2/c1-12-10-15(19-11-18-12)20-13-5-8-22(9-6-13)17(24)14-4-3-7-21(2)16(14)23/h3-4,7,10-11,13H,5-6,8-9H2,1-2H3,(H,18,19,20). The van der Waals surface area contributed by atoms with Crippen LogP contribution in [-0.2, 0) is 7.05 Å². The highest BCUT2D eigenvalue weighted by Crippen LogP contribution is 2.16. The normalized spacial score (nSPS) is 15.3. The highest BCUT2D eigenvalue weighted by molar-refractivity contribution is 5.93. The Labute approximate surface area is 140 Å². The number of aryl methyl sites for hydroxylation is 2. The number of anilines is 1. The number of pyridine rings is 1. The molecule has 24 heavy (non-hydrogen) atoms. The molecule has 126 valence electrons. The topological polar surface area (TPSA) is 80.1 Å². The lowest BCUT2D eigenvalue weighted by atomic mass is 10.0. The van der Waals surface area contributed by atoms with Gasteiger partial charge in [-0.25, -0.2) is 9.97 Å². The van der Waals surface area contributed by atoms with Gasteiger partial charge >= 0.3 is 0 Å². The number of amides is 1. The molecule has 0 atom stereocenters. The molecule has 0 aliphatic carbocycles. The Hall–Kier alpha value is -2.70. The summed E-state index contributed by atoms with van der Waals surface area (Å²) in [5, 5.41) is 3.39. The molecule has 1 aliphatic rings. The molecule has 0 saturated carbocycles. The van der Waals surface area contributed by atoms with Crippen molar-refractivity contribution in [3.05, 3.63) is 52.3 Å². The molecule has 1 amide bonds. The zero-order chi connectivity index (χ0) is 17.1. The van der Waals surface area contributed by atoms with Gasteiger partial charge in [-0.2, -0.15) is 0 Å². The summed E-state index contributed by atoms with van der Waals surface area (Å²) in [5.74, 6) is 0.622. The number of nitrogens with one attached hydrogen (secondary N) is 1. The van der Waals surface area contributed by atoms with Crippen molar-refractivity contribution in [2.45, 2.75) is 25.8 Å². The van der Waals surface area contributed by atoms with E-state index in [1.807, 2.05) is 13.0 Å². The van der Waals surface area contributed by atoms with Gasteiger partial charge in [0.1, 0.15) is 17.7 Å². The number of carbonyl (C=O) groups is 1. The number of hydrogen-bond acceptors (Lipinski definition) is 5. The van der Waals surface area contributed by atoms with Gasteiger partial charge in [-0.05, 0) is 31.9 Å². The van der Waals surface area contributed by atoms with Crippen LogP contribution in [0.15, 0.2) is 35.5 Å². The van der Waals surface area contributed by atoms with Crippen LogP contribution in [0.5, 0.6) is 0 Å². The average Bonchev–Trinajstić information content (AvgIpc) is 2.57. The van der Waals surface area contributed by atoms with Crippen molar-refractivity contribution in [3.63, 3.8) is 0 Å². The lowest BCUT2D eigenvalue weighted by Crippen LogP contribution is -2.44. The molecule has 7 nitrogen and oxygen atoms in total. The van der Waals surface area contributed by atoms with Crippen molar-refractivity contribution >= 4 is 11.7 Å². The summed E-state index contributed by atoms with van der Waals surface area (Å²) in [6.07, 6.45) is 4.84. The summed E-state index contributed by atoms with van der Waals surface area (Å²) in [6.45, 7) is 3.17. The third kappa shape index (κ3) is 3.45. The molecule has 3 rings (SSSR count). The van der Waals surface area contributed by atoms with Crippen molar-refractivity contribution in [2.24, 2.45) is 7.05 Å². The van der Waals surface area contributed by atoms with Gasteiger partial charge in [0.05, 0.1) is 0 Å². The van der Waals surface area contributed by atoms with Gasteiger partial charge in [0, 0.05) is 44.1 Å². The summed E-state index contributed by atoms with van der Waals surface area (Å²) < 4.78 is 1.43. The summed E-state index contributed by atoms with van der Waals surface area (Å²) >= 11 is 0. The average molecular weight is 327 g/mol. The van der Waals surface area contributed by atoms with Gasteiger partial charge in [-0.1, -0.05) is 0 Å². The minimum atomic E-state index is -0.251. The van der Waals surface area contributed by atoms with Gasteiger partial charge in [-0.15, -0.1) is 0 Å². The van der Waals surface area contributed by atoms with Gasteiger partial charge in [0.15, 0.2) is 0 Å². The summed E-state index contributed by atoms with van der Waals surface area (Å²) in [6, 6.07) is 5.49. The molecule has 0 radical (unpaired) electrons. The number of aromatic nitrogens is 3. The van der Waals surface area contributed by atoms with Gasteiger partial charge in [0.2, 0.25) is 0 Å². The Bertz CT molecular complexity index is 794. The number of likely N-dealkylation sites (tertiary alicyclic amines) is 1. The number of carbonyl (C=O) groups excluding carboxylic acids is 1. The third-order valence-corrected chi connectivity index (χ3v) is 4.29. The molecule has 7 heteroatoms. The Kier molecular flexibility index (Phi) is 4.59. The maximum atomic E-state index is 12.6. The van der Waals surface area contributed by atoms with Crippen LogP contribution in [0.4, 0.5) is 5.82 Å². The second-order valence-corrected chi connectivity index (χ2v) is 6.09. The largest absolute Gasteiger partial charge is 0.367 e. The van der Waals surface area contributed by atoms with E-state index in [9.17, 15) is 9.59 Å². The second-order valence-electron chi connectivity index (χ2n) is 6.09. The van der Waals surface area contributed by atoms with Crippen LogP contribution >= 0.6 is 0 Å². The first-order chi connectivity index (χ1) is 11.5. The molecule has 0 bridgehead atoms. The number of rotatable bonds is 3. The third-order valence-electron chi connectivity index (χ3n) is 4.29. The molecular weight excluding hydrogens is 306 g/mol. The van der Waals surface area contributed by atoms with E-state index in [2.05, 4.69) is 15.3 Å². The van der Waals surface area contributed by atoms with Crippen LogP contribution in [0.25, 0.3) is 0 Å². The zero-order valence-electron chi connectivity index (χ0n) is 13.9. The fourth-order valence-electron chi connectivity index (χ4n) is 2.90. The molecule has 2 aromatic rings. The van der Waals surface area contributed by atoms with Crippen molar-refractivity contribution in [2.75, 3.05) is 18.4 Å². The number of piperidine rings is 1. The molecule has 1 aliphatic heterocycles. The summed E-state index contributed by atoms with van der Waals surface area (Å²) in [7, 11) is 1.65. The van der Waals surface area contributed by atoms with Crippen LogP contribution in [0.1, 0.15) is 28.9 Å². The lowest BCUT2D eigenvalue weighted by Gasteiger charge is -2.32. The van der Waals surface area contributed by atoms with Gasteiger partial charge in [-0.3, -0.25) is 9.59 Å². The molecule has 0 spiro atoms. The van der Waals surface area contributed by atoms with E-state index in [4.69, 9.17) is 0 Å². The van der Waals surface area contributed by atoms with E-state index in [0.29, 0.717) is 13.1 Å². The minimum Gasteiger partial charge on any atom is -0.367 e. The van der Waals surface area contributed by atoms with Crippen molar-refractivity contribution in [1.82, 2.24) is 19.4 Å². The monoisotopic (exact) mass is 327 g/mol. The van der Waals surface area contributed by atoms with Gasteiger partial charge < -0.3 is 14.8 Å². The number of hydrogen-bond donors (Lipinski definition) is 1. The maximum Gasteiger partial charge on any atom is 0.263 e. The first-order valence-corrected chi connectivity index (χ1v) is 8.04. The lowest BCUT2D eigenvalue weighted by molar-refractivity contribution is 0.0716. The first kappa shape index (κ1) is 16.2. The zero-order valence-corrected chi connectivity index (χ0v) is 13.9. The van der Waals surface area contributed by atoms with E-state index in [0.717, 1.165) is 24.4 Å². The summed E-state index contributed by atoms with van der Waals surface area (Å²) in [4.78, 5) is 34.7. The van der Waals surface area contributed by atoms with E-state index in [-0.39, 0.29) is 23.1 Å². The van der Waals surface area contributed by atoms with Crippen LogP contribution in [-0.4, -0.2) is 44.5 Å². The SMILES string of the molecule is Cc1cc(NC2CCN(C(=O)c3cccn(C)c3=O)CC2)ncn1. The van der Waals surface area contributed by atoms with E-state index >= 15 is 0 Å². The molecule has 0 unspecified atom stereocenters. The smallest absolute Gasteiger partial charge is 0.263 e. The second kappa shape index (κ2) is 6.82. The first-order valence-electron chi connectivity index (χ1n) is 8.04. The molecule has 1 saturated heterocycles. The van der Waals surface area contributed by atoms with E-state index in [1.165, 1.54) is 4.57 Å². The van der Waals surface area contributed by atoms with Gasteiger partial charge in [0.25, 0.3) is 11.5 Å². The van der Waals surface area contributed by atoms with Crippen molar-refractivity contribution in [3.8, 4) is 0 Å². The molecule has 1 fully saturated rings. The Morgan fingerprint density at radius 2 is 2.04 bits per heavy atom. The van der Waals surface area contributed by atoms with Crippen LogP contribution in [0.2, 0.25) is 0 Å². The fourth-order valence-corrected chi connectivity index (χ4v) is 2.90. The quantitative estimate of drug-likeness (QED) is 0.916. The minimum absolute atomic E-state index is 0.187. The predicted octanol–water partition coefficient (Wildman–Crippen LogP) is 1.20. The Balaban J connectivity index is 1.61. The van der Waals surface area contributed by atoms with Crippen LogP contribution < -0.4 is 10.9 Å². The fraction of sp³-hybridized carbons (Fsp3) is 0.412. The molecular formula is C17H21N5O2. The number of nitrogens with zero attached hydrogens (tertiary/aromatic N) is 4. The predicted molar refractivity (Wildman–Crippen MR) is 91.0 cm³/mol. The Morgan fingerprint density at radius 3 is 2.75 bits per heavy atom. The summed E-state index contributed by atoms with van der Waals surface area (Å²) in [5.41, 5.74) is 0.900. The van der Waals surface area contributed by atoms with Crippen molar-refractivity contribution in [1.29, 1.82) is 0 Å².